The number of aromatic nitrogens is 3. The summed E-state index contributed by atoms with van der Waals surface area (Å²) in [5.74, 6) is 0.124. The molecule has 1 N–H and O–H groups in total. The van der Waals surface area contributed by atoms with E-state index in [1.54, 1.807) is 6.07 Å². The van der Waals surface area contributed by atoms with Gasteiger partial charge in [-0.1, -0.05) is 11.6 Å². The number of rotatable bonds is 2. The Balaban J connectivity index is 2.12. The van der Waals surface area contributed by atoms with E-state index in [1.807, 2.05) is 4.90 Å². The first-order valence-electron chi connectivity index (χ1n) is 6.74. The summed E-state index contributed by atoms with van der Waals surface area (Å²) >= 11 is 6.09. The number of hydrogen-bond acceptors (Lipinski definition) is 4. The summed E-state index contributed by atoms with van der Waals surface area (Å²) in [7, 11) is 0. The number of hydrogen-bond donors (Lipinski definition) is 1. The minimum absolute atomic E-state index is 0.0713. The molecule has 0 saturated carbocycles. The van der Waals surface area contributed by atoms with Crippen LogP contribution in [0.4, 0.5) is 10.2 Å². The molecule has 0 bridgehead atoms. The van der Waals surface area contributed by atoms with Gasteiger partial charge >= 0.3 is 0 Å². The van der Waals surface area contributed by atoms with Crippen molar-refractivity contribution in [2.45, 2.75) is 25.8 Å². The Kier molecular flexibility index (Phi) is 3.63. The molecule has 1 fully saturated rings. The Bertz CT molecular complexity index is 733. The van der Waals surface area contributed by atoms with Gasteiger partial charge in [0.05, 0.1) is 0 Å². The molecule has 0 aliphatic carbocycles. The van der Waals surface area contributed by atoms with Crippen LogP contribution in [0.5, 0.6) is 0 Å². The van der Waals surface area contributed by atoms with Crippen molar-refractivity contribution in [2.24, 2.45) is 0 Å². The second-order valence-corrected chi connectivity index (χ2v) is 5.48. The highest BCUT2D eigenvalue weighted by atomic mass is 35.5. The molecule has 2 aromatic heterocycles. The molecule has 110 valence electrons. The highest BCUT2D eigenvalue weighted by Gasteiger charge is 2.25. The molecule has 0 amide bonds. The van der Waals surface area contributed by atoms with Crippen LogP contribution >= 0.6 is 11.6 Å². The fraction of sp³-hybridized carbons (Fsp3) is 0.357. The van der Waals surface area contributed by atoms with Crippen LogP contribution in [0.1, 0.15) is 19.8 Å². The third kappa shape index (κ3) is 2.63. The number of halogens is 2. The van der Waals surface area contributed by atoms with Crippen LogP contribution < -0.4 is 10.5 Å². The molecule has 3 rings (SSSR count). The maximum atomic E-state index is 13.2. The number of aromatic amines is 1. The summed E-state index contributed by atoms with van der Waals surface area (Å²) < 4.78 is 13.2. The zero-order valence-corrected chi connectivity index (χ0v) is 12.2. The Morgan fingerprint density at radius 3 is 3.00 bits per heavy atom. The summed E-state index contributed by atoms with van der Waals surface area (Å²) in [5, 5.41) is 0.0713. The normalized spacial score (nSPS) is 18.2. The molecule has 2 aromatic rings. The Morgan fingerprint density at radius 1 is 1.52 bits per heavy atom. The molecule has 3 heterocycles. The fourth-order valence-electron chi connectivity index (χ4n) is 2.57. The van der Waals surface area contributed by atoms with Crippen LogP contribution in [0.3, 0.4) is 0 Å². The molecule has 1 saturated heterocycles. The number of nitrogens with one attached hydrogen (secondary N) is 1. The van der Waals surface area contributed by atoms with Crippen molar-refractivity contribution >= 4 is 17.4 Å². The summed E-state index contributed by atoms with van der Waals surface area (Å²) in [4.78, 5) is 24.5. The minimum atomic E-state index is -0.624. The fourth-order valence-corrected chi connectivity index (χ4v) is 2.77. The van der Waals surface area contributed by atoms with Crippen LogP contribution in [-0.4, -0.2) is 27.5 Å². The van der Waals surface area contributed by atoms with Gasteiger partial charge in [0.15, 0.2) is 5.82 Å². The smallest absolute Gasteiger partial charge is 0.272 e. The lowest BCUT2D eigenvalue weighted by Crippen LogP contribution is -2.29. The van der Waals surface area contributed by atoms with Gasteiger partial charge in [-0.2, -0.15) is 4.39 Å². The van der Waals surface area contributed by atoms with Crippen molar-refractivity contribution in [3.8, 4) is 11.4 Å². The lowest BCUT2D eigenvalue weighted by atomic mass is 10.2. The second-order valence-electron chi connectivity index (χ2n) is 5.10. The van der Waals surface area contributed by atoms with Crippen molar-refractivity contribution in [2.75, 3.05) is 11.4 Å². The predicted molar refractivity (Wildman–Crippen MR) is 79.1 cm³/mol. The van der Waals surface area contributed by atoms with Gasteiger partial charge in [0.1, 0.15) is 10.8 Å². The van der Waals surface area contributed by atoms with E-state index in [-0.39, 0.29) is 11.1 Å². The molecule has 1 unspecified atom stereocenters. The highest BCUT2D eigenvalue weighted by molar-refractivity contribution is 6.32. The van der Waals surface area contributed by atoms with E-state index in [0.717, 1.165) is 19.4 Å². The monoisotopic (exact) mass is 308 g/mol. The average Bonchev–Trinajstić information content (AvgIpc) is 2.88. The first-order chi connectivity index (χ1) is 10.1. The summed E-state index contributed by atoms with van der Waals surface area (Å²) in [5.41, 5.74) is 0.0392. The molecule has 0 radical (unpaired) electrons. The van der Waals surface area contributed by atoms with Gasteiger partial charge in [0.2, 0.25) is 5.95 Å². The topological polar surface area (TPSA) is 61.9 Å². The Labute approximate surface area is 125 Å². The van der Waals surface area contributed by atoms with Crippen LogP contribution in [0.15, 0.2) is 23.1 Å². The largest absolute Gasteiger partial charge is 0.352 e. The van der Waals surface area contributed by atoms with Crippen LogP contribution in [0.25, 0.3) is 11.4 Å². The van der Waals surface area contributed by atoms with E-state index < -0.39 is 11.5 Å². The molecule has 5 nitrogen and oxygen atoms in total. The average molecular weight is 309 g/mol. The minimum Gasteiger partial charge on any atom is -0.352 e. The number of pyridine rings is 1. The molecule has 7 heteroatoms. The van der Waals surface area contributed by atoms with Crippen molar-refractivity contribution in [1.82, 2.24) is 15.0 Å². The standard InChI is InChI=1S/C14H14ClFN4O/c1-8-3-2-6-20(8)13-11(15)14(21)19-12(18-13)9-4-5-17-10(16)7-9/h4-5,7-8H,2-3,6H2,1H3,(H,18,19,21). The van der Waals surface area contributed by atoms with E-state index in [9.17, 15) is 9.18 Å². The van der Waals surface area contributed by atoms with Gasteiger partial charge in [0.25, 0.3) is 5.56 Å². The molecular weight excluding hydrogens is 295 g/mol. The Hall–Kier alpha value is -1.95. The molecule has 0 aromatic carbocycles. The molecule has 1 aliphatic rings. The summed E-state index contributed by atoms with van der Waals surface area (Å²) in [6.07, 6.45) is 3.40. The van der Waals surface area contributed by atoms with Crippen LogP contribution in [0, 0.1) is 5.95 Å². The maximum Gasteiger partial charge on any atom is 0.272 e. The van der Waals surface area contributed by atoms with Crippen LogP contribution in [-0.2, 0) is 0 Å². The highest BCUT2D eigenvalue weighted by Crippen LogP contribution is 2.29. The van der Waals surface area contributed by atoms with E-state index in [2.05, 4.69) is 21.9 Å². The van der Waals surface area contributed by atoms with Gasteiger partial charge in [-0.15, -0.1) is 0 Å². The van der Waals surface area contributed by atoms with Crippen molar-refractivity contribution < 1.29 is 4.39 Å². The Morgan fingerprint density at radius 2 is 2.33 bits per heavy atom. The SMILES string of the molecule is CC1CCCN1c1nc(-c2ccnc(F)c2)[nH]c(=O)c1Cl. The molecule has 21 heavy (non-hydrogen) atoms. The predicted octanol–water partition coefficient (Wildman–Crippen LogP) is 2.61. The third-order valence-corrected chi connectivity index (χ3v) is 4.01. The molecule has 1 aliphatic heterocycles. The van der Waals surface area contributed by atoms with Gasteiger partial charge < -0.3 is 9.88 Å². The lowest BCUT2D eigenvalue weighted by molar-refractivity contribution is 0.584. The van der Waals surface area contributed by atoms with Crippen LogP contribution in [0.2, 0.25) is 5.02 Å². The molecule has 0 spiro atoms. The van der Waals surface area contributed by atoms with Gasteiger partial charge in [-0.05, 0) is 25.8 Å². The zero-order chi connectivity index (χ0) is 15.0. The first kappa shape index (κ1) is 14.0. The zero-order valence-electron chi connectivity index (χ0n) is 11.4. The van der Waals surface area contributed by atoms with Gasteiger partial charge in [0, 0.05) is 30.4 Å². The molecule has 1 atom stereocenters. The second kappa shape index (κ2) is 5.44. The van der Waals surface area contributed by atoms with Gasteiger partial charge in [-0.25, -0.2) is 9.97 Å². The van der Waals surface area contributed by atoms with Crippen molar-refractivity contribution in [1.29, 1.82) is 0 Å². The molecular formula is C14H14ClFN4O. The number of nitrogens with zero attached hydrogens (tertiary/aromatic N) is 3. The first-order valence-corrected chi connectivity index (χ1v) is 7.12. The summed E-state index contributed by atoms with van der Waals surface area (Å²) in [6.45, 7) is 2.87. The number of H-pyrrole nitrogens is 1. The maximum absolute atomic E-state index is 13.2. The van der Waals surface area contributed by atoms with E-state index >= 15 is 0 Å². The van der Waals surface area contributed by atoms with E-state index in [1.165, 1.54) is 12.3 Å². The lowest BCUT2D eigenvalue weighted by Gasteiger charge is -2.23. The summed E-state index contributed by atoms with van der Waals surface area (Å²) in [6, 6.07) is 3.09. The van der Waals surface area contributed by atoms with Crippen molar-refractivity contribution in [3.05, 3.63) is 39.7 Å². The number of anilines is 1. The third-order valence-electron chi connectivity index (χ3n) is 3.67. The van der Waals surface area contributed by atoms with Gasteiger partial charge in [-0.3, -0.25) is 4.79 Å². The van der Waals surface area contributed by atoms with E-state index in [4.69, 9.17) is 11.6 Å². The van der Waals surface area contributed by atoms with E-state index in [0.29, 0.717) is 17.2 Å². The quantitative estimate of drug-likeness (QED) is 0.866. The van der Waals surface area contributed by atoms with Crippen molar-refractivity contribution in [3.63, 3.8) is 0 Å².